The van der Waals surface area contributed by atoms with E-state index in [9.17, 15) is 9.59 Å². The van der Waals surface area contributed by atoms with Crippen LogP contribution >= 0.6 is 0 Å². The fourth-order valence-corrected chi connectivity index (χ4v) is 3.65. The van der Waals surface area contributed by atoms with Crippen LogP contribution in [-0.2, 0) is 14.3 Å². The minimum absolute atomic E-state index is 0.0840. The maximum atomic E-state index is 12.4. The first kappa shape index (κ1) is 20.1. The number of likely N-dealkylation sites (N-methyl/N-ethyl adjacent to an activating group) is 1. The van der Waals surface area contributed by atoms with Gasteiger partial charge >= 0.3 is 0 Å². The standard InChI is InChI=1S/C18H34N4O3/c1-4-19-16(23)14-21-11-7-18(8-12-21)15-22(10-5-9-20(2)3)17(24)6-13-25-18/h4-15H2,1-3H3,(H,19,23). The van der Waals surface area contributed by atoms with Crippen LogP contribution in [0.2, 0.25) is 0 Å². The lowest BCUT2D eigenvalue weighted by atomic mass is 9.90. The number of amides is 2. The molecule has 0 radical (unpaired) electrons. The lowest BCUT2D eigenvalue weighted by Crippen LogP contribution is -2.53. The summed E-state index contributed by atoms with van der Waals surface area (Å²) >= 11 is 0. The molecule has 2 rings (SSSR count). The Labute approximate surface area is 151 Å². The summed E-state index contributed by atoms with van der Waals surface area (Å²) in [7, 11) is 4.11. The molecule has 0 aromatic rings. The van der Waals surface area contributed by atoms with Gasteiger partial charge in [0.25, 0.3) is 0 Å². The summed E-state index contributed by atoms with van der Waals surface area (Å²) in [6.07, 6.45) is 3.22. The van der Waals surface area contributed by atoms with Crippen LogP contribution in [0.15, 0.2) is 0 Å². The maximum absolute atomic E-state index is 12.4. The molecule has 1 spiro atoms. The highest BCUT2D eigenvalue weighted by molar-refractivity contribution is 5.78. The van der Waals surface area contributed by atoms with Crippen LogP contribution in [0.25, 0.3) is 0 Å². The van der Waals surface area contributed by atoms with Crippen LogP contribution in [0.3, 0.4) is 0 Å². The summed E-state index contributed by atoms with van der Waals surface area (Å²) in [5.41, 5.74) is -0.234. The van der Waals surface area contributed by atoms with Gasteiger partial charge in [-0.25, -0.2) is 0 Å². The molecule has 0 bridgehead atoms. The number of carbonyl (C=O) groups is 2. The summed E-state index contributed by atoms with van der Waals surface area (Å²) in [5.74, 6) is 0.293. The van der Waals surface area contributed by atoms with Gasteiger partial charge in [0.2, 0.25) is 11.8 Å². The summed E-state index contributed by atoms with van der Waals surface area (Å²) in [6, 6.07) is 0. The predicted octanol–water partition coefficient (Wildman–Crippen LogP) is 0.158. The van der Waals surface area contributed by atoms with Crippen LogP contribution in [-0.4, -0.2) is 98.6 Å². The van der Waals surface area contributed by atoms with Crippen molar-refractivity contribution in [2.24, 2.45) is 0 Å². The Morgan fingerprint density at radius 3 is 2.68 bits per heavy atom. The molecular formula is C18H34N4O3. The zero-order chi connectivity index (χ0) is 18.3. The van der Waals surface area contributed by atoms with Crippen molar-refractivity contribution in [3.05, 3.63) is 0 Å². The average Bonchev–Trinajstić information content (AvgIpc) is 2.70. The first-order valence-corrected chi connectivity index (χ1v) is 9.49. The molecule has 0 aliphatic carbocycles. The van der Waals surface area contributed by atoms with Crippen LogP contribution in [0.4, 0.5) is 0 Å². The topological polar surface area (TPSA) is 65.1 Å². The van der Waals surface area contributed by atoms with E-state index in [1.54, 1.807) is 0 Å². The third-order valence-corrected chi connectivity index (χ3v) is 5.10. The monoisotopic (exact) mass is 354 g/mol. The Morgan fingerprint density at radius 2 is 2.04 bits per heavy atom. The Hall–Kier alpha value is -1.18. The smallest absolute Gasteiger partial charge is 0.234 e. The first-order valence-electron chi connectivity index (χ1n) is 9.49. The van der Waals surface area contributed by atoms with Gasteiger partial charge in [-0.3, -0.25) is 14.5 Å². The van der Waals surface area contributed by atoms with E-state index >= 15 is 0 Å². The van der Waals surface area contributed by atoms with Gasteiger partial charge in [0, 0.05) is 32.7 Å². The minimum Gasteiger partial charge on any atom is -0.373 e. The Balaban J connectivity index is 1.87. The van der Waals surface area contributed by atoms with Gasteiger partial charge in [0.15, 0.2) is 0 Å². The van der Waals surface area contributed by atoms with Gasteiger partial charge in [-0.05, 0) is 46.8 Å². The highest BCUT2D eigenvalue weighted by Crippen LogP contribution is 2.30. The zero-order valence-electron chi connectivity index (χ0n) is 16.1. The Kier molecular flexibility index (Phi) is 7.65. The highest BCUT2D eigenvalue weighted by Gasteiger charge is 2.40. The number of carbonyl (C=O) groups excluding carboxylic acids is 2. The fourth-order valence-electron chi connectivity index (χ4n) is 3.65. The quantitative estimate of drug-likeness (QED) is 0.705. The van der Waals surface area contributed by atoms with E-state index in [4.69, 9.17) is 4.74 Å². The number of hydrogen-bond acceptors (Lipinski definition) is 5. The molecule has 2 amide bonds. The van der Waals surface area contributed by atoms with Crippen LogP contribution < -0.4 is 5.32 Å². The van der Waals surface area contributed by atoms with Crippen LogP contribution in [0, 0.1) is 0 Å². The molecule has 25 heavy (non-hydrogen) atoms. The molecule has 2 saturated heterocycles. The molecule has 7 nitrogen and oxygen atoms in total. The molecule has 2 fully saturated rings. The average molecular weight is 354 g/mol. The molecule has 0 saturated carbocycles. The highest BCUT2D eigenvalue weighted by atomic mass is 16.5. The van der Waals surface area contributed by atoms with E-state index < -0.39 is 0 Å². The molecule has 2 heterocycles. The molecule has 0 aromatic carbocycles. The van der Waals surface area contributed by atoms with Crippen molar-refractivity contribution in [1.29, 1.82) is 0 Å². The molecule has 0 unspecified atom stereocenters. The third kappa shape index (κ3) is 6.24. The van der Waals surface area contributed by atoms with Crippen LogP contribution in [0.5, 0.6) is 0 Å². The number of hydrogen-bond donors (Lipinski definition) is 1. The Bertz CT molecular complexity index is 448. The van der Waals surface area contributed by atoms with Crippen molar-refractivity contribution in [1.82, 2.24) is 20.0 Å². The van der Waals surface area contributed by atoms with E-state index in [-0.39, 0.29) is 17.4 Å². The third-order valence-electron chi connectivity index (χ3n) is 5.10. The SMILES string of the molecule is CCNC(=O)CN1CCC2(CC1)CN(CCCN(C)C)C(=O)CCO2. The van der Waals surface area contributed by atoms with Gasteiger partial charge in [-0.15, -0.1) is 0 Å². The summed E-state index contributed by atoms with van der Waals surface area (Å²) in [4.78, 5) is 30.5. The van der Waals surface area contributed by atoms with Gasteiger partial charge in [-0.2, -0.15) is 0 Å². The first-order chi connectivity index (χ1) is 11.9. The van der Waals surface area contributed by atoms with Gasteiger partial charge < -0.3 is 19.9 Å². The molecule has 2 aliphatic rings. The summed E-state index contributed by atoms with van der Waals surface area (Å²) < 4.78 is 6.16. The summed E-state index contributed by atoms with van der Waals surface area (Å²) in [6.45, 7) is 7.73. The molecule has 7 heteroatoms. The molecule has 0 atom stereocenters. The lowest BCUT2D eigenvalue weighted by Gasteiger charge is -2.42. The van der Waals surface area contributed by atoms with E-state index in [1.165, 1.54) is 0 Å². The van der Waals surface area contributed by atoms with Crippen molar-refractivity contribution < 1.29 is 14.3 Å². The number of ether oxygens (including phenoxy) is 1. The largest absolute Gasteiger partial charge is 0.373 e. The maximum Gasteiger partial charge on any atom is 0.234 e. The normalized spacial score (nSPS) is 21.6. The second-order valence-electron chi connectivity index (χ2n) is 7.48. The number of rotatable bonds is 7. The van der Waals surface area contributed by atoms with Crippen molar-refractivity contribution in [2.75, 3.05) is 66.5 Å². The molecule has 1 N–H and O–H groups in total. The number of likely N-dealkylation sites (tertiary alicyclic amines) is 1. The second kappa shape index (κ2) is 9.50. The van der Waals surface area contributed by atoms with E-state index in [0.29, 0.717) is 32.7 Å². The number of nitrogens with zero attached hydrogens (tertiary/aromatic N) is 3. The molecule has 144 valence electrons. The van der Waals surface area contributed by atoms with Crippen LogP contribution in [0.1, 0.15) is 32.6 Å². The van der Waals surface area contributed by atoms with E-state index in [1.807, 2.05) is 11.8 Å². The lowest BCUT2D eigenvalue weighted by molar-refractivity contribution is -0.132. The zero-order valence-corrected chi connectivity index (χ0v) is 16.1. The van der Waals surface area contributed by atoms with E-state index in [2.05, 4.69) is 29.2 Å². The van der Waals surface area contributed by atoms with Crippen molar-refractivity contribution in [2.45, 2.75) is 38.2 Å². The molecule has 0 aromatic heterocycles. The second-order valence-corrected chi connectivity index (χ2v) is 7.48. The molecular weight excluding hydrogens is 320 g/mol. The predicted molar refractivity (Wildman–Crippen MR) is 97.4 cm³/mol. The fraction of sp³-hybridized carbons (Fsp3) is 0.889. The number of nitrogens with one attached hydrogen (secondary N) is 1. The Morgan fingerprint density at radius 1 is 1.32 bits per heavy atom. The van der Waals surface area contributed by atoms with Gasteiger partial charge in [-0.1, -0.05) is 0 Å². The van der Waals surface area contributed by atoms with Crippen molar-refractivity contribution in [3.63, 3.8) is 0 Å². The van der Waals surface area contributed by atoms with E-state index in [0.717, 1.165) is 45.4 Å². The number of piperidine rings is 1. The minimum atomic E-state index is -0.234. The van der Waals surface area contributed by atoms with Gasteiger partial charge in [0.05, 0.1) is 25.2 Å². The molecule has 2 aliphatic heterocycles. The van der Waals surface area contributed by atoms with Crippen molar-refractivity contribution in [3.8, 4) is 0 Å². The summed E-state index contributed by atoms with van der Waals surface area (Å²) in [5, 5.41) is 2.85. The van der Waals surface area contributed by atoms with Gasteiger partial charge in [0.1, 0.15) is 0 Å². The van der Waals surface area contributed by atoms with Crippen molar-refractivity contribution >= 4 is 11.8 Å².